The van der Waals surface area contributed by atoms with Crippen molar-refractivity contribution >= 4 is 0 Å². The molecular formula is C6H12O4. The average Bonchev–Trinajstić information content (AvgIpc) is 1.84. The Bertz CT molecular complexity index is 90.3. The van der Waals surface area contributed by atoms with E-state index in [4.69, 9.17) is 20.1 Å². The number of hydrogen-bond acceptors (Lipinski definition) is 4. The number of aliphatic hydroxyl groups excluding tert-OH is 3. The molecule has 60 valence electrons. The first-order chi connectivity index (χ1) is 4.61. The summed E-state index contributed by atoms with van der Waals surface area (Å²) in [5.74, 6) is 0. The van der Waals surface area contributed by atoms with Crippen molar-refractivity contribution in [1.82, 2.24) is 0 Å². The smallest absolute Gasteiger partial charge is 0.181 e. The van der Waals surface area contributed by atoms with Gasteiger partial charge >= 0.3 is 0 Å². The van der Waals surface area contributed by atoms with Gasteiger partial charge in [0.05, 0.1) is 12.2 Å². The van der Waals surface area contributed by atoms with Crippen LogP contribution >= 0.6 is 0 Å². The minimum Gasteiger partial charge on any atom is -0.390 e. The first-order valence-corrected chi connectivity index (χ1v) is 3.31. The van der Waals surface area contributed by atoms with Crippen molar-refractivity contribution in [2.75, 3.05) is 0 Å². The van der Waals surface area contributed by atoms with Gasteiger partial charge < -0.3 is 20.1 Å². The van der Waals surface area contributed by atoms with Crippen molar-refractivity contribution in [2.24, 2.45) is 0 Å². The minimum atomic E-state index is -1.14. The Morgan fingerprint density at radius 2 is 1.80 bits per heavy atom. The van der Waals surface area contributed by atoms with Crippen LogP contribution in [0.15, 0.2) is 0 Å². The highest BCUT2D eigenvalue weighted by atomic mass is 16.6. The van der Waals surface area contributed by atoms with Crippen LogP contribution < -0.4 is 0 Å². The van der Waals surface area contributed by atoms with Gasteiger partial charge in [0, 0.05) is 6.42 Å². The Morgan fingerprint density at radius 1 is 1.20 bits per heavy atom. The van der Waals surface area contributed by atoms with E-state index in [-0.39, 0.29) is 6.42 Å². The van der Waals surface area contributed by atoms with E-state index < -0.39 is 24.6 Å². The summed E-state index contributed by atoms with van der Waals surface area (Å²) in [6, 6.07) is 0. The maximum atomic E-state index is 9.07. The highest BCUT2D eigenvalue weighted by Crippen LogP contribution is 2.17. The van der Waals surface area contributed by atoms with Crippen LogP contribution in [0.25, 0.3) is 0 Å². The van der Waals surface area contributed by atoms with Crippen molar-refractivity contribution < 1.29 is 20.1 Å². The lowest BCUT2D eigenvalue weighted by molar-refractivity contribution is -0.240. The summed E-state index contributed by atoms with van der Waals surface area (Å²) in [5.41, 5.74) is 0. The van der Waals surface area contributed by atoms with Gasteiger partial charge in [-0.15, -0.1) is 0 Å². The molecule has 0 aromatic heterocycles. The normalized spacial score (nSPS) is 49.2. The maximum Gasteiger partial charge on any atom is 0.181 e. The zero-order chi connectivity index (χ0) is 7.72. The summed E-state index contributed by atoms with van der Waals surface area (Å²) < 4.78 is 4.77. The fraction of sp³-hybridized carbons (Fsp3) is 1.00. The van der Waals surface area contributed by atoms with Crippen molar-refractivity contribution in [3.63, 3.8) is 0 Å². The van der Waals surface area contributed by atoms with Crippen LogP contribution in [0, 0.1) is 0 Å². The number of ether oxygens (including phenoxy) is 1. The van der Waals surface area contributed by atoms with Gasteiger partial charge in [-0.2, -0.15) is 0 Å². The lowest BCUT2D eigenvalue weighted by atomic mass is 10.0. The molecule has 0 aromatic carbocycles. The van der Waals surface area contributed by atoms with Crippen LogP contribution in [0.3, 0.4) is 0 Å². The third-order valence-electron chi connectivity index (χ3n) is 1.71. The fourth-order valence-corrected chi connectivity index (χ4v) is 0.957. The first kappa shape index (κ1) is 7.94. The van der Waals surface area contributed by atoms with Crippen molar-refractivity contribution in [3.05, 3.63) is 0 Å². The summed E-state index contributed by atoms with van der Waals surface area (Å²) >= 11 is 0. The van der Waals surface area contributed by atoms with E-state index in [1.807, 2.05) is 0 Å². The quantitative estimate of drug-likeness (QED) is 0.405. The Balaban J connectivity index is 2.46. The van der Waals surface area contributed by atoms with E-state index in [1.54, 1.807) is 6.92 Å². The second-order valence-corrected chi connectivity index (χ2v) is 2.60. The molecule has 0 aromatic rings. The average molecular weight is 148 g/mol. The number of aliphatic hydroxyl groups is 3. The molecule has 0 radical (unpaired) electrons. The molecule has 1 aliphatic rings. The van der Waals surface area contributed by atoms with Gasteiger partial charge in [0.2, 0.25) is 0 Å². The third-order valence-corrected chi connectivity index (χ3v) is 1.71. The lowest BCUT2D eigenvalue weighted by Crippen LogP contribution is -2.45. The Labute approximate surface area is 59.1 Å². The van der Waals surface area contributed by atoms with Gasteiger partial charge in [-0.3, -0.25) is 0 Å². The van der Waals surface area contributed by atoms with Crippen molar-refractivity contribution in [3.8, 4) is 0 Å². The molecule has 2 unspecified atom stereocenters. The summed E-state index contributed by atoms with van der Waals surface area (Å²) in [6.07, 6.45) is -2.97. The van der Waals surface area contributed by atoms with Crippen LogP contribution in [0.5, 0.6) is 0 Å². The molecule has 1 rings (SSSR count). The predicted octanol–water partition coefficient (Wildman–Crippen LogP) is -1.16. The second-order valence-electron chi connectivity index (χ2n) is 2.60. The summed E-state index contributed by atoms with van der Waals surface area (Å²) in [5, 5.41) is 26.9. The van der Waals surface area contributed by atoms with Gasteiger partial charge in [-0.05, 0) is 6.92 Å². The Morgan fingerprint density at radius 3 is 2.30 bits per heavy atom. The molecule has 0 spiro atoms. The molecule has 1 aliphatic heterocycles. The van der Waals surface area contributed by atoms with Crippen LogP contribution in [-0.4, -0.2) is 39.9 Å². The second kappa shape index (κ2) is 2.84. The van der Waals surface area contributed by atoms with Gasteiger partial charge in [-0.25, -0.2) is 0 Å². The molecule has 0 aliphatic carbocycles. The molecule has 4 atom stereocenters. The molecule has 1 fully saturated rings. The molecule has 0 saturated carbocycles. The molecule has 10 heavy (non-hydrogen) atoms. The fourth-order valence-electron chi connectivity index (χ4n) is 0.957. The molecule has 0 amide bonds. The summed E-state index contributed by atoms with van der Waals surface area (Å²) in [4.78, 5) is 0. The monoisotopic (exact) mass is 148 g/mol. The molecule has 3 N–H and O–H groups in total. The maximum absolute atomic E-state index is 9.07. The zero-order valence-corrected chi connectivity index (χ0v) is 5.77. The highest BCUT2D eigenvalue weighted by molar-refractivity contribution is 4.76. The molecular weight excluding hydrogens is 136 g/mol. The number of rotatable bonds is 0. The van der Waals surface area contributed by atoms with E-state index in [2.05, 4.69) is 0 Å². The molecule has 4 nitrogen and oxygen atoms in total. The van der Waals surface area contributed by atoms with Crippen LogP contribution in [0.2, 0.25) is 0 Å². The Hall–Kier alpha value is -0.160. The largest absolute Gasteiger partial charge is 0.390 e. The standard InChI is InChI=1S/C6H12O4/c1-3-4(7)2-5(8)6(9)10-3/h3-9H,2H2,1H3/t3?,4-,5+,6?/m1/s1. The summed E-state index contributed by atoms with van der Waals surface area (Å²) in [6.45, 7) is 1.65. The first-order valence-electron chi connectivity index (χ1n) is 3.31. The van der Waals surface area contributed by atoms with Gasteiger partial charge in [0.1, 0.15) is 6.10 Å². The van der Waals surface area contributed by atoms with E-state index in [0.717, 1.165) is 0 Å². The van der Waals surface area contributed by atoms with Crippen LogP contribution in [-0.2, 0) is 4.74 Å². The van der Waals surface area contributed by atoms with Gasteiger partial charge in [0.15, 0.2) is 6.29 Å². The van der Waals surface area contributed by atoms with Crippen LogP contribution in [0.1, 0.15) is 13.3 Å². The van der Waals surface area contributed by atoms with Crippen LogP contribution in [0.4, 0.5) is 0 Å². The molecule has 4 heteroatoms. The van der Waals surface area contributed by atoms with Crippen molar-refractivity contribution in [2.45, 2.75) is 37.9 Å². The zero-order valence-electron chi connectivity index (χ0n) is 5.77. The topological polar surface area (TPSA) is 69.9 Å². The lowest BCUT2D eigenvalue weighted by Gasteiger charge is -2.32. The van der Waals surface area contributed by atoms with Gasteiger partial charge in [-0.1, -0.05) is 0 Å². The van der Waals surface area contributed by atoms with E-state index in [1.165, 1.54) is 0 Å². The molecule has 1 heterocycles. The molecule has 0 bridgehead atoms. The van der Waals surface area contributed by atoms with E-state index >= 15 is 0 Å². The number of hydrogen-bond donors (Lipinski definition) is 3. The van der Waals surface area contributed by atoms with E-state index in [0.29, 0.717) is 0 Å². The molecule has 1 saturated heterocycles. The highest BCUT2D eigenvalue weighted by Gasteiger charge is 2.32. The van der Waals surface area contributed by atoms with Crippen molar-refractivity contribution in [1.29, 1.82) is 0 Å². The SMILES string of the molecule is CC1OC(O)[C@@H](O)C[C@H]1O. The minimum absolute atomic E-state index is 0.183. The predicted molar refractivity (Wildman–Crippen MR) is 33.2 cm³/mol. The summed E-state index contributed by atoms with van der Waals surface area (Å²) in [7, 11) is 0. The Kier molecular flexibility index (Phi) is 2.25. The van der Waals surface area contributed by atoms with E-state index in [9.17, 15) is 0 Å². The van der Waals surface area contributed by atoms with Gasteiger partial charge in [0.25, 0.3) is 0 Å². The third kappa shape index (κ3) is 1.46.